The number of unbranched alkanes of at least 4 members (excludes halogenated alkanes) is 1. The summed E-state index contributed by atoms with van der Waals surface area (Å²) in [5.74, 6) is 1.14. The molecule has 0 aromatic heterocycles. The van der Waals surface area contributed by atoms with Gasteiger partial charge in [-0.25, -0.2) is 8.42 Å². The Morgan fingerprint density at radius 2 is 1.27 bits per heavy atom. The lowest BCUT2D eigenvalue weighted by atomic mass is 10.1. The van der Waals surface area contributed by atoms with Crippen molar-refractivity contribution < 1.29 is 32.1 Å². The molecule has 0 radical (unpaired) electrons. The maximum atomic E-state index is 13.1. The summed E-state index contributed by atoms with van der Waals surface area (Å²) in [5.41, 5.74) is 0. The summed E-state index contributed by atoms with van der Waals surface area (Å²) in [6, 6.07) is 12.8. The number of ether oxygens (including phenoxy) is 5. The van der Waals surface area contributed by atoms with Gasteiger partial charge in [0.1, 0.15) is 30.8 Å². The predicted molar refractivity (Wildman–Crippen MR) is 145 cm³/mol. The highest BCUT2D eigenvalue weighted by Gasteiger charge is 2.18. The predicted octanol–water partition coefficient (Wildman–Crippen LogP) is 5.65. The van der Waals surface area contributed by atoms with Gasteiger partial charge in [-0.05, 0) is 81.6 Å². The van der Waals surface area contributed by atoms with Crippen LogP contribution in [-0.4, -0.2) is 60.3 Å². The van der Waals surface area contributed by atoms with E-state index in [1.165, 1.54) is 12.1 Å². The lowest BCUT2D eigenvalue weighted by Crippen LogP contribution is -2.27. The summed E-state index contributed by atoms with van der Waals surface area (Å²) in [4.78, 5) is 0.374. The molecule has 0 heterocycles. The second-order valence-corrected chi connectivity index (χ2v) is 10.2. The Labute approximate surface area is 222 Å². The summed E-state index contributed by atoms with van der Waals surface area (Å²) in [6.07, 6.45) is 6.11. The van der Waals surface area contributed by atoms with Crippen molar-refractivity contribution in [1.82, 2.24) is 0 Å². The Hall–Kier alpha value is -2.65. The summed E-state index contributed by atoms with van der Waals surface area (Å²) >= 11 is 0. The first kappa shape index (κ1) is 30.6. The first-order valence-corrected chi connectivity index (χ1v) is 14.2. The Morgan fingerprint density at radius 3 is 1.76 bits per heavy atom. The molecule has 0 saturated heterocycles. The average Bonchev–Trinajstić information content (AvgIpc) is 2.91. The van der Waals surface area contributed by atoms with Crippen molar-refractivity contribution in [1.29, 1.82) is 0 Å². The quantitative estimate of drug-likeness (QED) is 0.161. The van der Waals surface area contributed by atoms with Crippen LogP contribution in [0, 0.1) is 0 Å². The molecule has 2 unspecified atom stereocenters. The van der Waals surface area contributed by atoms with Crippen LogP contribution in [0.5, 0.6) is 11.5 Å². The fourth-order valence-corrected chi connectivity index (χ4v) is 4.81. The molecule has 0 saturated carbocycles. The summed E-state index contributed by atoms with van der Waals surface area (Å²) in [6.45, 7) is 13.9. The van der Waals surface area contributed by atoms with Crippen molar-refractivity contribution in [3.63, 3.8) is 0 Å². The molecule has 2 rings (SSSR count). The van der Waals surface area contributed by atoms with Crippen molar-refractivity contribution in [3.8, 4) is 11.5 Å². The maximum Gasteiger partial charge on any atom is 0.206 e. The zero-order valence-corrected chi connectivity index (χ0v) is 22.8. The third-order valence-electron chi connectivity index (χ3n) is 5.42. The lowest BCUT2D eigenvalue weighted by molar-refractivity contribution is -0.0272. The van der Waals surface area contributed by atoms with Gasteiger partial charge in [0.15, 0.2) is 0 Å². The molecule has 2 aromatic carbocycles. The smallest absolute Gasteiger partial charge is 0.206 e. The van der Waals surface area contributed by atoms with Gasteiger partial charge in [-0.3, -0.25) is 0 Å². The number of rotatable bonds is 20. The molecule has 0 N–H and O–H groups in total. The van der Waals surface area contributed by atoms with Gasteiger partial charge >= 0.3 is 0 Å². The Morgan fingerprint density at radius 1 is 0.757 bits per heavy atom. The first-order valence-electron chi connectivity index (χ1n) is 12.7. The summed E-state index contributed by atoms with van der Waals surface area (Å²) < 4.78 is 54.6. The van der Waals surface area contributed by atoms with Crippen LogP contribution in [0.1, 0.15) is 33.1 Å². The van der Waals surface area contributed by atoms with E-state index in [-0.39, 0.29) is 28.6 Å². The molecule has 0 bridgehead atoms. The molecule has 7 nitrogen and oxygen atoms in total. The number of allylic oxidation sites excluding steroid dienone is 1. The van der Waals surface area contributed by atoms with E-state index in [9.17, 15) is 8.42 Å². The molecule has 0 amide bonds. The topological polar surface area (TPSA) is 80.3 Å². The van der Waals surface area contributed by atoms with E-state index < -0.39 is 9.84 Å². The van der Waals surface area contributed by atoms with Crippen LogP contribution >= 0.6 is 0 Å². The zero-order valence-electron chi connectivity index (χ0n) is 22.0. The maximum absolute atomic E-state index is 13.1. The van der Waals surface area contributed by atoms with Crippen LogP contribution in [0.15, 0.2) is 83.6 Å². The van der Waals surface area contributed by atoms with Crippen molar-refractivity contribution >= 4 is 9.84 Å². The highest BCUT2D eigenvalue weighted by Crippen LogP contribution is 2.25. The Balaban J connectivity index is 1.95. The van der Waals surface area contributed by atoms with Gasteiger partial charge in [-0.2, -0.15) is 0 Å². The molecule has 37 heavy (non-hydrogen) atoms. The molecule has 0 spiro atoms. The second-order valence-electron chi connectivity index (χ2n) is 8.27. The van der Waals surface area contributed by atoms with E-state index in [1.807, 2.05) is 19.9 Å². The minimum Gasteiger partial charge on any atom is -0.491 e. The zero-order chi connectivity index (χ0) is 26.9. The minimum absolute atomic E-state index is 0.0161. The van der Waals surface area contributed by atoms with Crippen LogP contribution in [0.25, 0.3) is 0 Å². The molecule has 0 fully saturated rings. The van der Waals surface area contributed by atoms with Crippen LogP contribution in [0.2, 0.25) is 0 Å². The van der Waals surface area contributed by atoms with E-state index in [0.717, 1.165) is 19.3 Å². The average molecular weight is 533 g/mol. The van der Waals surface area contributed by atoms with Crippen LogP contribution in [0.4, 0.5) is 0 Å². The van der Waals surface area contributed by atoms with Crippen LogP contribution in [0.3, 0.4) is 0 Å². The lowest BCUT2D eigenvalue weighted by Gasteiger charge is -2.18. The molecule has 2 aromatic rings. The molecule has 0 aliphatic carbocycles. The van der Waals surface area contributed by atoms with Crippen LogP contribution < -0.4 is 9.47 Å². The van der Waals surface area contributed by atoms with Crippen LogP contribution in [-0.2, 0) is 24.0 Å². The van der Waals surface area contributed by atoms with Gasteiger partial charge in [-0.15, -0.1) is 13.2 Å². The van der Waals surface area contributed by atoms with Crippen molar-refractivity contribution in [2.45, 2.75) is 55.1 Å². The van der Waals surface area contributed by atoms with E-state index in [2.05, 4.69) is 13.2 Å². The highest BCUT2D eigenvalue weighted by molar-refractivity contribution is 7.91. The number of benzene rings is 2. The standard InChI is InChI=1S/C29H40O7S/c1-5-9-10-11-26(33-7-3)22-35-24-12-16-28(17-13-24)37(30,31)29-18-14-25(15-19-29)36-23-27(34-8-4)21-32-20-6-2/h5-6,12-19,26-27H,1-2,7-11,20-23H2,3-4H3. The molecule has 204 valence electrons. The highest BCUT2D eigenvalue weighted by atomic mass is 32.2. The Kier molecular flexibility index (Phi) is 14.0. The summed E-state index contributed by atoms with van der Waals surface area (Å²) in [5, 5.41) is 0. The van der Waals surface area contributed by atoms with Gasteiger partial charge in [-0.1, -0.05) is 12.2 Å². The van der Waals surface area contributed by atoms with Gasteiger partial charge in [0, 0.05) is 13.2 Å². The van der Waals surface area contributed by atoms with Gasteiger partial charge in [0.2, 0.25) is 9.84 Å². The van der Waals surface area contributed by atoms with E-state index >= 15 is 0 Å². The first-order chi connectivity index (χ1) is 17.9. The normalized spacial score (nSPS) is 13.0. The van der Waals surface area contributed by atoms with Gasteiger partial charge in [0.05, 0.1) is 29.1 Å². The SMILES string of the molecule is C=CCCCC(COc1ccc(S(=O)(=O)c2ccc(OCC(COCC=C)OCC)cc2)cc1)OCC. The van der Waals surface area contributed by atoms with Gasteiger partial charge < -0.3 is 23.7 Å². The van der Waals surface area contributed by atoms with Crippen molar-refractivity contribution in [2.75, 3.05) is 39.6 Å². The second kappa shape index (κ2) is 17.0. The third kappa shape index (κ3) is 10.7. The molecule has 0 aliphatic heterocycles. The molecule has 0 aliphatic rings. The number of hydrogen-bond acceptors (Lipinski definition) is 7. The van der Waals surface area contributed by atoms with E-state index in [0.29, 0.717) is 44.5 Å². The van der Waals surface area contributed by atoms with E-state index in [4.69, 9.17) is 23.7 Å². The molecule has 8 heteroatoms. The molecular weight excluding hydrogens is 492 g/mol. The fraction of sp³-hybridized carbons (Fsp3) is 0.448. The largest absolute Gasteiger partial charge is 0.491 e. The van der Waals surface area contributed by atoms with E-state index in [1.54, 1.807) is 42.5 Å². The minimum atomic E-state index is -3.68. The monoisotopic (exact) mass is 532 g/mol. The van der Waals surface area contributed by atoms with Crippen molar-refractivity contribution in [2.24, 2.45) is 0 Å². The number of hydrogen-bond donors (Lipinski definition) is 0. The molecule has 2 atom stereocenters. The Bertz CT molecular complexity index is 940. The molecular formula is C29H40O7S. The third-order valence-corrected chi connectivity index (χ3v) is 7.20. The fourth-order valence-electron chi connectivity index (χ4n) is 3.55. The van der Waals surface area contributed by atoms with Gasteiger partial charge in [0.25, 0.3) is 0 Å². The van der Waals surface area contributed by atoms with Crippen molar-refractivity contribution in [3.05, 3.63) is 73.8 Å². The summed E-state index contributed by atoms with van der Waals surface area (Å²) in [7, 11) is -3.68. The number of sulfone groups is 1.